The van der Waals surface area contributed by atoms with Gasteiger partial charge in [0.05, 0.1) is 18.6 Å². The third-order valence-electron chi connectivity index (χ3n) is 5.39. The van der Waals surface area contributed by atoms with E-state index >= 15 is 0 Å². The van der Waals surface area contributed by atoms with Crippen molar-refractivity contribution in [2.45, 2.75) is 32.9 Å². The number of rotatable bonds is 7. The molecule has 1 atom stereocenters. The monoisotopic (exact) mass is 417 g/mol. The maximum Gasteiger partial charge on any atom is 0.261 e. The predicted octanol–water partition coefficient (Wildman–Crippen LogP) is 2.91. The van der Waals surface area contributed by atoms with Crippen molar-refractivity contribution in [3.63, 3.8) is 0 Å². The largest absolute Gasteiger partial charge is 0.497 e. The summed E-state index contributed by atoms with van der Waals surface area (Å²) in [7, 11) is -1.52. The summed E-state index contributed by atoms with van der Waals surface area (Å²) in [5, 5.41) is 0. The molecule has 0 saturated carbocycles. The summed E-state index contributed by atoms with van der Waals surface area (Å²) in [6, 6.07) is 12.8. The zero-order valence-electron chi connectivity index (χ0n) is 17.1. The summed E-state index contributed by atoms with van der Waals surface area (Å²) in [6.07, 6.45) is 0.452. The summed E-state index contributed by atoms with van der Waals surface area (Å²) in [4.78, 5) is 14.7. The van der Waals surface area contributed by atoms with E-state index in [-0.39, 0.29) is 30.1 Å². The van der Waals surface area contributed by atoms with Gasteiger partial charge in [0.2, 0.25) is 0 Å². The molecule has 1 aliphatic heterocycles. The fourth-order valence-corrected chi connectivity index (χ4v) is 5.20. The molecule has 156 valence electrons. The lowest BCUT2D eigenvalue weighted by Gasteiger charge is -2.28. The first kappa shape index (κ1) is 21.2. The second-order valence-electron chi connectivity index (χ2n) is 7.41. The van der Waals surface area contributed by atoms with Crippen LogP contribution in [0.25, 0.3) is 0 Å². The molecule has 7 heteroatoms. The Labute approximate surface area is 172 Å². The Morgan fingerprint density at radius 3 is 2.48 bits per heavy atom. The highest BCUT2D eigenvalue weighted by Gasteiger charge is 2.34. The molecule has 29 heavy (non-hydrogen) atoms. The average Bonchev–Trinajstić information content (AvgIpc) is 3.07. The summed E-state index contributed by atoms with van der Waals surface area (Å²) in [5.74, 6) is 1.29. The number of methoxy groups -OCH3 is 1. The van der Waals surface area contributed by atoms with Crippen LogP contribution in [0.3, 0.4) is 0 Å². The fraction of sp³-hybridized carbons (Fsp3) is 0.409. The molecule has 1 heterocycles. The minimum Gasteiger partial charge on any atom is -0.497 e. The number of hydrogen-bond donors (Lipinski definition) is 0. The quantitative estimate of drug-likeness (QED) is 0.693. The van der Waals surface area contributed by atoms with E-state index in [4.69, 9.17) is 9.47 Å². The lowest BCUT2D eigenvalue weighted by atomic mass is 10.1. The summed E-state index contributed by atoms with van der Waals surface area (Å²) in [6.45, 7) is 4.15. The molecule has 1 unspecified atom stereocenters. The Bertz CT molecular complexity index is 969. The molecule has 1 aliphatic rings. The highest BCUT2D eigenvalue weighted by Crippen LogP contribution is 2.23. The smallest absolute Gasteiger partial charge is 0.261 e. The number of carbonyl (C=O) groups is 1. The fourth-order valence-electron chi connectivity index (χ4n) is 3.47. The zero-order valence-corrected chi connectivity index (χ0v) is 17.9. The Balaban J connectivity index is 1.76. The van der Waals surface area contributed by atoms with Gasteiger partial charge >= 0.3 is 0 Å². The predicted molar refractivity (Wildman–Crippen MR) is 112 cm³/mol. The summed E-state index contributed by atoms with van der Waals surface area (Å²) in [5.41, 5.74) is 2.99. The Hall–Kier alpha value is -2.54. The number of sulfone groups is 1. The first-order valence-electron chi connectivity index (χ1n) is 9.61. The van der Waals surface area contributed by atoms with Gasteiger partial charge in [0.25, 0.3) is 5.91 Å². The van der Waals surface area contributed by atoms with E-state index in [1.807, 2.05) is 56.3 Å². The molecule has 6 nitrogen and oxygen atoms in total. The topological polar surface area (TPSA) is 72.9 Å². The van der Waals surface area contributed by atoms with Gasteiger partial charge in [-0.1, -0.05) is 24.3 Å². The molecule has 0 N–H and O–H groups in total. The molecular weight excluding hydrogens is 390 g/mol. The van der Waals surface area contributed by atoms with Crippen LogP contribution >= 0.6 is 0 Å². The maximum atomic E-state index is 13.0. The molecule has 2 aromatic carbocycles. The molecule has 0 aliphatic carbocycles. The zero-order chi connectivity index (χ0) is 21.0. The van der Waals surface area contributed by atoms with Gasteiger partial charge in [0, 0.05) is 12.6 Å². The molecule has 0 aromatic heterocycles. The van der Waals surface area contributed by atoms with Gasteiger partial charge in [-0.25, -0.2) is 8.42 Å². The normalized spacial score (nSPS) is 17.7. The van der Waals surface area contributed by atoms with Crippen LogP contribution < -0.4 is 9.47 Å². The van der Waals surface area contributed by atoms with Gasteiger partial charge in [-0.2, -0.15) is 0 Å². The van der Waals surface area contributed by atoms with Crippen LogP contribution in [0.4, 0.5) is 0 Å². The van der Waals surface area contributed by atoms with Crippen molar-refractivity contribution in [3.8, 4) is 11.5 Å². The Morgan fingerprint density at radius 1 is 1.14 bits per heavy atom. The molecule has 3 rings (SSSR count). The lowest BCUT2D eigenvalue weighted by Crippen LogP contribution is -2.43. The number of nitrogens with zero attached hydrogens (tertiary/aromatic N) is 1. The number of carbonyl (C=O) groups excluding carboxylic acids is 1. The lowest BCUT2D eigenvalue weighted by molar-refractivity contribution is -0.136. The van der Waals surface area contributed by atoms with Crippen LogP contribution in [0.1, 0.15) is 23.1 Å². The van der Waals surface area contributed by atoms with Crippen LogP contribution in [0.5, 0.6) is 11.5 Å². The maximum absolute atomic E-state index is 13.0. The first-order valence-corrected chi connectivity index (χ1v) is 11.4. The molecule has 0 spiro atoms. The number of aryl methyl sites for hydroxylation is 1. The molecule has 2 aromatic rings. The van der Waals surface area contributed by atoms with Crippen molar-refractivity contribution < 1.29 is 22.7 Å². The summed E-state index contributed by atoms with van der Waals surface area (Å²) < 4.78 is 34.9. The van der Waals surface area contributed by atoms with E-state index in [0.29, 0.717) is 18.7 Å². The molecule has 0 bridgehead atoms. The van der Waals surface area contributed by atoms with Crippen molar-refractivity contribution in [3.05, 3.63) is 59.2 Å². The third-order valence-corrected chi connectivity index (χ3v) is 7.14. The molecule has 0 radical (unpaired) electrons. The number of amides is 1. The van der Waals surface area contributed by atoms with Crippen LogP contribution in [-0.2, 0) is 21.2 Å². The van der Waals surface area contributed by atoms with E-state index in [2.05, 4.69) is 0 Å². The third kappa shape index (κ3) is 5.29. The SMILES string of the molecule is COc1ccc(CN(C(=O)COc2cccc(C)c2C)C2CCS(=O)(=O)C2)cc1. The van der Waals surface area contributed by atoms with Crippen molar-refractivity contribution in [1.29, 1.82) is 0 Å². The van der Waals surface area contributed by atoms with E-state index in [9.17, 15) is 13.2 Å². The Kier molecular flexibility index (Phi) is 6.47. The van der Waals surface area contributed by atoms with Crippen molar-refractivity contribution in [2.24, 2.45) is 0 Å². The number of hydrogen-bond acceptors (Lipinski definition) is 5. The average molecular weight is 418 g/mol. The van der Waals surface area contributed by atoms with Gasteiger partial charge in [-0.3, -0.25) is 4.79 Å². The molecule has 1 amide bonds. The highest BCUT2D eigenvalue weighted by atomic mass is 32.2. The van der Waals surface area contributed by atoms with Gasteiger partial charge in [-0.05, 0) is 55.2 Å². The minimum atomic E-state index is -3.11. The van der Waals surface area contributed by atoms with Crippen molar-refractivity contribution in [1.82, 2.24) is 4.90 Å². The molecule has 1 saturated heterocycles. The summed E-state index contributed by atoms with van der Waals surface area (Å²) >= 11 is 0. The van der Waals surface area contributed by atoms with E-state index in [0.717, 1.165) is 22.4 Å². The second kappa shape index (κ2) is 8.86. The number of ether oxygens (including phenoxy) is 2. The van der Waals surface area contributed by atoms with E-state index in [1.54, 1.807) is 12.0 Å². The first-order chi connectivity index (χ1) is 13.8. The molecule has 1 fully saturated rings. The Morgan fingerprint density at radius 2 is 1.86 bits per heavy atom. The standard InChI is InChI=1S/C22H27NO5S/c1-16-5-4-6-21(17(16)2)28-14-22(24)23(19-11-12-29(25,26)15-19)13-18-7-9-20(27-3)10-8-18/h4-10,19H,11-15H2,1-3H3. The second-order valence-corrected chi connectivity index (χ2v) is 9.64. The van der Waals surface area contributed by atoms with Crippen molar-refractivity contribution in [2.75, 3.05) is 25.2 Å². The highest BCUT2D eigenvalue weighted by molar-refractivity contribution is 7.91. The van der Waals surface area contributed by atoms with Crippen LogP contribution in [0.2, 0.25) is 0 Å². The number of benzene rings is 2. The van der Waals surface area contributed by atoms with Gasteiger partial charge in [0.1, 0.15) is 11.5 Å². The van der Waals surface area contributed by atoms with Gasteiger partial charge in [-0.15, -0.1) is 0 Å². The van der Waals surface area contributed by atoms with Gasteiger partial charge < -0.3 is 14.4 Å². The molecular formula is C22H27NO5S. The minimum absolute atomic E-state index is 0.00162. The van der Waals surface area contributed by atoms with Crippen LogP contribution in [0.15, 0.2) is 42.5 Å². The van der Waals surface area contributed by atoms with Gasteiger partial charge in [0.15, 0.2) is 16.4 Å². The van der Waals surface area contributed by atoms with E-state index in [1.165, 1.54) is 0 Å². The van der Waals surface area contributed by atoms with Crippen LogP contribution in [-0.4, -0.2) is 50.5 Å². The van der Waals surface area contributed by atoms with Crippen molar-refractivity contribution >= 4 is 15.7 Å². The van der Waals surface area contributed by atoms with Crippen LogP contribution in [0, 0.1) is 13.8 Å². The van der Waals surface area contributed by atoms with E-state index < -0.39 is 9.84 Å².